The first-order chi connectivity index (χ1) is 11.8. The van der Waals surface area contributed by atoms with Crippen molar-refractivity contribution in [2.24, 2.45) is 23.2 Å². The molecule has 5 heteroatoms. The number of fused-ring (bicyclic) bond motifs is 5. The predicted octanol–water partition coefficient (Wildman–Crippen LogP) is 4.91. The van der Waals surface area contributed by atoms with Crippen LogP contribution in [0.5, 0.6) is 5.75 Å². The molecule has 0 heterocycles. The Hall–Kier alpha value is -1.52. The fourth-order valence-electron chi connectivity index (χ4n) is 5.79. The van der Waals surface area contributed by atoms with Crippen LogP contribution in [0.2, 0.25) is 0 Å². The summed E-state index contributed by atoms with van der Waals surface area (Å²) in [7, 11) is 1.64. The van der Waals surface area contributed by atoms with Crippen molar-refractivity contribution < 1.29 is 22.7 Å². The second-order valence-corrected chi connectivity index (χ2v) is 8.13. The molecule has 0 spiro atoms. The lowest BCUT2D eigenvalue weighted by molar-refractivity contribution is -0.180. The monoisotopic (exact) mass is 352 g/mol. The van der Waals surface area contributed by atoms with Gasteiger partial charge in [-0.1, -0.05) is 13.0 Å². The molecule has 1 aromatic rings. The van der Waals surface area contributed by atoms with E-state index < -0.39 is 23.3 Å². The Balaban J connectivity index is 1.68. The molecule has 0 radical (unpaired) electrons. The minimum atomic E-state index is -4.41. The van der Waals surface area contributed by atoms with Crippen molar-refractivity contribution in [2.45, 2.75) is 51.1 Å². The van der Waals surface area contributed by atoms with Crippen molar-refractivity contribution >= 4 is 5.78 Å². The number of rotatable bonds is 1. The molecule has 25 heavy (non-hydrogen) atoms. The zero-order valence-corrected chi connectivity index (χ0v) is 14.5. The highest BCUT2D eigenvalue weighted by atomic mass is 19.4. The van der Waals surface area contributed by atoms with E-state index in [1.54, 1.807) is 14.0 Å². The van der Waals surface area contributed by atoms with E-state index in [1.165, 1.54) is 11.1 Å². The molecular weight excluding hydrogens is 329 g/mol. The van der Waals surface area contributed by atoms with E-state index in [2.05, 4.69) is 12.1 Å². The van der Waals surface area contributed by atoms with Gasteiger partial charge in [0.25, 0.3) is 0 Å². The zero-order chi connectivity index (χ0) is 18.0. The van der Waals surface area contributed by atoms with Crippen LogP contribution in [0.15, 0.2) is 18.2 Å². The summed E-state index contributed by atoms with van der Waals surface area (Å²) < 4.78 is 45.3. The molecule has 0 unspecified atom stereocenters. The fourth-order valence-corrected chi connectivity index (χ4v) is 5.79. The van der Waals surface area contributed by atoms with Crippen molar-refractivity contribution in [3.63, 3.8) is 0 Å². The molecule has 3 aliphatic rings. The zero-order valence-electron chi connectivity index (χ0n) is 14.5. The van der Waals surface area contributed by atoms with Crippen molar-refractivity contribution in [3.8, 4) is 5.75 Å². The van der Waals surface area contributed by atoms with Crippen LogP contribution < -0.4 is 4.74 Å². The Labute approximate surface area is 145 Å². The van der Waals surface area contributed by atoms with E-state index in [-0.39, 0.29) is 24.2 Å². The summed E-state index contributed by atoms with van der Waals surface area (Å²) >= 11 is 0. The third kappa shape index (κ3) is 2.42. The van der Waals surface area contributed by atoms with Gasteiger partial charge in [0.05, 0.1) is 7.11 Å². The molecule has 1 aromatic carbocycles. The van der Waals surface area contributed by atoms with E-state index in [9.17, 15) is 18.0 Å². The molecule has 0 N–H and O–H groups in total. The van der Waals surface area contributed by atoms with Gasteiger partial charge in [-0.2, -0.15) is 13.2 Å². The van der Waals surface area contributed by atoms with Gasteiger partial charge < -0.3 is 4.74 Å². The van der Waals surface area contributed by atoms with Gasteiger partial charge in [0.15, 0.2) is 5.78 Å². The molecule has 0 amide bonds. The lowest BCUT2D eigenvalue weighted by atomic mass is 9.55. The van der Waals surface area contributed by atoms with Crippen LogP contribution >= 0.6 is 0 Å². The molecular formula is C20H23F3O2. The van der Waals surface area contributed by atoms with Crippen molar-refractivity contribution in [3.05, 3.63) is 29.3 Å². The molecule has 2 nitrogen and oxygen atoms in total. The molecule has 0 saturated heterocycles. The largest absolute Gasteiger partial charge is 0.497 e. The fraction of sp³-hybridized carbons (Fsp3) is 0.650. The van der Waals surface area contributed by atoms with Gasteiger partial charge in [0.2, 0.25) is 0 Å². The first-order valence-corrected chi connectivity index (χ1v) is 9.03. The smallest absolute Gasteiger partial charge is 0.398 e. The molecule has 0 aliphatic heterocycles. The third-order valence-electron chi connectivity index (χ3n) is 7.09. The molecule has 3 aliphatic carbocycles. The molecule has 4 rings (SSSR count). The number of methoxy groups -OCH3 is 1. The van der Waals surface area contributed by atoms with E-state index in [1.807, 2.05) is 6.07 Å². The van der Waals surface area contributed by atoms with Gasteiger partial charge in [0, 0.05) is 5.41 Å². The summed E-state index contributed by atoms with van der Waals surface area (Å²) in [6.45, 7) is 1.78. The Kier molecular flexibility index (Phi) is 3.71. The molecule has 0 bridgehead atoms. The number of hydrogen-bond acceptors (Lipinski definition) is 2. The van der Waals surface area contributed by atoms with Gasteiger partial charge in [-0.15, -0.1) is 0 Å². The Morgan fingerprint density at radius 3 is 2.68 bits per heavy atom. The van der Waals surface area contributed by atoms with E-state index in [0.29, 0.717) is 6.42 Å². The highest BCUT2D eigenvalue weighted by Gasteiger charge is 2.63. The molecule has 5 atom stereocenters. The average molecular weight is 352 g/mol. The molecule has 0 aromatic heterocycles. The minimum Gasteiger partial charge on any atom is -0.497 e. The summed E-state index contributed by atoms with van der Waals surface area (Å²) in [5, 5.41) is 0. The molecule has 2 fully saturated rings. The van der Waals surface area contributed by atoms with Crippen LogP contribution in [-0.4, -0.2) is 19.1 Å². The predicted molar refractivity (Wildman–Crippen MR) is 87.5 cm³/mol. The Morgan fingerprint density at radius 1 is 1.24 bits per heavy atom. The van der Waals surface area contributed by atoms with E-state index in [0.717, 1.165) is 25.0 Å². The Morgan fingerprint density at radius 2 is 2.00 bits per heavy atom. The minimum absolute atomic E-state index is 0.0223. The summed E-state index contributed by atoms with van der Waals surface area (Å²) in [5.41, 5.74) is 1.70. The lowest BCUT2D eigenvalue weighted by Crippen LogP contribution is -2.43. The SMILES string of the molecule is COc1ccc2c(c1)CC[C@@H]1[C@@H]2CC[C@]2(C)C(=O)[C@@H](C(F)(F)F)C[C@@H]12. The summed E-state index contributed by atoms with van der Waals surface area (Å²) in [5.74, 6) is -1.21. The molecule has 2 saturated carbocycles. The van der Waals surface area contributed by atoms with E-state index in [4.69, 9.17) is 4.74 Å². The number of benzene rings is 1. The molecule has 136 valence electrons. The maximum Gasteiger partial charge on any atom is 0.398 e. The maximum atomic E-state index is 13.3. The van der Waals surface area contributed by atoms with Crippen LogP contribution in [0.25, 0.3) is 0 Å². The quantitative estimate of drug-likeness (QED) is 0.718. The van der Waals surface area contributed by atoms with Gasteiger partial charge in [0.1, 0.15) is 11.7 Å². The van der Waals surface area contributed by atoms with Crippen molar-refractivity contribution in [1.29, 1.82) is 0 Å². The Bertz CT molecular complexity index is 711. The second kappa shape index (κ2) is 5.49. The van der Waals surface area contributed by atoms with Gasteiger partial charge in [-0.3, -0.25) is 4.79 Å². The summed E-state index contributed by atoms with van der Waals surface area (Å²) in [6, 6.07) is 6.07. The number of ketones is 1. The highest BCUT2D eigenvalue weighted by molar-refractivity contribution is 5.90. The van der Waals surface area contributed by atoms with E-state index >= 15 is 0 Å². The number of carbonyl (C=O) groups is 1. The van der Waals surface area contributed by atoms with Crippen LogP contribution in [0.4, 0.5) is 13.2 Å². The average Bonchev–Trinajstić information content (AvgIpc) is 2.86. The van der Waals surface area contributed by atoms with Crippen LogP contribution in [-0.2, 0) is 11.2 Å². The third-order valence-corrected chi connectivity index (χ3v) is 7.09. The highest BCUT2D eigenvalue weighted by Crippen LogP contribution is 2.62. The van der Waals surface area contributed by atoms with Gasteiger partial charge in [-0.05, 0) is 73.1 Å². The number of hydrogen-bond donors (Lipinski definition) is 0. The first kappa shape index (κ1) is 16.9. The summed E-state index contributed by atoms with van der Waals surface area (Å²) in [4.78, 5) is 12.6. The first-order valence-electron chi connectivity index (χ1n) is 9.03. The van der Waals surface area contributed by atoms with Gasteiger partial charge in [-0.25, -0.2) is 0 Å². The lowest BCUT2D eigenvalue weighted by Gasteiger charge is -2.48. The number of carbonyl (C=O) groups excluding carboxylic acids is 1. The second-order valence-electron chi connectivity index (χ2n) is 8.13. The van der Waals surface area contributed by atoms with Crippen LogP contribution in [0.3, 0.4) is 0 Å². The number of Topliss-reactive ketones (excluding diaryl/α,β-unsaturated/α-hetero) is 1. The van der Waals surface area contributed by atoms with Crippen LogP contribution in [0, 0.1) is 23.2 Å². The van der Waals surface area contributed by atoms with Crippen molar-refractivity contribution in [2.75, 3.05) is 7.11 Å². The number of aryl methyl sites for hydroxylation is 1. The summed E-state index contributed by atoms with van der Waals surface area (Å²) in [6.07, 6.45) is -1.35. The van der Waals surface area contributed by atoms with Crippen LogP contribution in [0.1, 0.15) is 49.7 Å². The topological polar surface area (TPSA) is 26.3 Å². The number of alkyl halides is 3. The number of halogens is 3. The van der Waals surface area contributed by atoms with Gasteiger partial charge >= 0.3 is 6.18 Å². The number of ether oxygens (including phenoxy) is 1. The maximum absolute atomic E-state index is 13.3. The van der Waals surface area contributed by atoms with Crippen molar-refractivity contribution in [1.82, 2.24) is 0 Å². The normalized spacial score (nSPS) is 37.2. The standard InChI is InChI=1S/C20H23F3O2/c1-19-8-7-14-13-6-4-12(25-2)9-11(13)3-5-15(14)16(19)10-17(18(19)24)20(21,22)23/h4,6,9,14-17H,3,5,7-8,10H2,1-2H3/t14-,15-,16+,17+,19+/m1/s1.